The highest BCUT2D eigenvalue weighted by atomic mass is 32.1. The number of aromatic nitrogens is 2. The largest absolute Gasteiger partial charge is 0.444 e. The molecule has 1 unspecified atom stereocenters. The smallest absolute Gasteiger partial charge is 0.407 e. The van der Waals surface area contributed by atoms with Gasteiger partial charge in [-0.15, -0.1) is 5.10 Å². The fourth-order valence-electron chi connectivity index (χ4n) is 1.18. The Morgan fingerprint density at radius 1 is 1.65 bits per heavy atom. The van der Waals surface area contributed by atoms with Gasteiger partial charge in [0.05, 0.1) is 5.69 Å². The monoisotopic (exact) mass is 258 g/mol. The van der Waals surface area contributed by atoms with Crippen LogP contribution < -0.4 is 11.1 Å². The van der Waals surface area contributed by atoms with E-state index in [2.05, 4.69) is 14.9 Å². The second kappa shape index (κ2) is 5.92. The van der Waals surface area contributed by atoms with E-state index in [0.717, 1.165) is 5.69 Å². The average Bonchev–Trinajstić information content (AvgIpc) is 2.69. The van der Waals surface area contributed by atoms with Crippen LogP contribution in [0.4, 0.5) is 4.79 Å². The molecule has 3 N–H and O–H groups in total. The molecule has 1 heterocycles. The highest BCUT2D eigenvalue weighted by molar-refractivity contribution is 7.03. The average molecular weight is 258 g/mol. The van der Waals surface area contributed by atoms with Crippen molar-refractivity contribution in [2.75, 3.05) is 13.1 Å². The molecule has 1 rings (SSSR count). The third-order valence-corrected chi connectivity index (χ3v) is 2.49. The zero-order chi connectivity index (χ0) is 12.9. The molecule has 0 saturated carbocycles. The van der Waals surface area contributed by atoms with E-state index in [1.807, 2.05) is 26.2 Å². The maximum Gasteiger partial charge on any atom is 0.407 e. The van der Waals surface area contributed by atoms with Crippen molar-refractivity contribution in [3.05, 3.63) is 11.1 Å². The maximum absolute atomic E-state index is 11.4. The van der Waals surface area contributed by atoms with Crippen LogP contribution in [-0.2, 0) is 4.74 Å². The van der Waals surface area contributed by atoms with Crippen LogP contribution in [0.3, 0.4) is 0 Å². The summed E-state index contributed by atoms with van der Waals surface area (Å²) in [6.45, 7) is 6.25. The van der Waals surface area contributed by atoms with Crippen LogP contribution >= 0.6 is 11.5 Å². The Kier molecular flexibility index (Phi) is 4.83. The van der Waals surface area contributed by atoms with Crippen molar-refractivity contribution < 1.29 is 9.53 Å². The number of carbonyl (C=O) groups excluding carboxylic acids is 1. The van der Waals surface area contributed by atoms with Crippen molar-refractivity contribution in [1.29, 1.82) is 0 Å². The van der Waals surface area contributed by atoms with Gasteiger partial charge in [-0.25, -0.2) is 4.79 Å². The SMILES string of the molecule is CC(C)(C)OC(=O)NCC(CN)c1csnn1. The van der Waals surface area contributed by atoms with E-state index >= 15 is 0 Å². The lowest BCUT2D eigenvalue weighted by molar-refractivity contribution is 0.0524. The van der Waals surface area contributed by atoms with Crippen LogP contribution in [0.2, 0.25) is 0 Å². The molecule has 0 aliphatic rings. The first-order valence-corrected chi connectivity index (χ1v) is 6.20. The predicted octanol–water partition coefficient (Wildman–Crippen LogP) is 1.11. The number of amides is 1. The van der Waals surface area contributed by atoms with E-state index in [4.69, 9.17) is 10.5 Å². The third-order valence-electron chi connectivity index (χ3n) is 1.97. The van der Waals surface area contributed by atoms with Crippen molar-refractivity contribution in [2.24, 2.45) is 5.73 Å². The first-order valence-electron chi connectivity index (χ1n) is 5.36. The van der Waals surface area contributed by atoms with Crippen LogP contribution in [0.1, 0.15) is 32.4 Å². The molecule has 1 atom stereocenters. The number of carbonyl (C=O) groups is 1. The number of rotatable bonds is 4. The summed E-state index contributed by atoms with van der Waals surface area (Å²) in [5.41, 5.74) is 5.93. The summed E-state index contributed by atoms with van der Waals surface area (Å²) in [4.78, 5) is 11.4. The lowest BCUT2D eigenvalue weighted by Crippen LogP contribution is -2.36. The van der Waals surface area contributed by atoms with Crippen molar-refractivity contribution in [3.8, 4) is 0 Å². The quantitative estimate of drug-likeness (QED) is 0.844. The predicted molar refractivity (Wildman–Crippen MR) is 65.9 cm³/mol. The van der Waals surface area contributed by atoms with Gasteiger partial charge in [-0.2, -0.15) is 0 Å². The standard InChI is InChI=1S/C10H18N4O2S/c1-10(2,3)16-9(15)12-5-7(4-11)8-6-17-14-13-8/h6-7H,4-5,11H2,1-3H3,(H,12,15). The highest BCUT2D eigenvalue weighted by Crippen LogP contribution is 2.12. The highest BCUT2D eigenvalue weighted by Gasteiger charge is 2.18. The van der Waals surface area contributed by atoms with Crippen molar-refractivity contribution >= 4 is 17.6 Å². The molecule has 0 aliphatic heterocycles. The van der Waals surface area contributed by atoms with Gasteiger partial charge >= 0.3 is 6.09 Å². The normalized spacial score (nSPS) is 13.2. The van der Waals surface area contributed by atoms with Crippen LogP contribution in [-0.4, -0.2) is 34.4 Å². The molecule has 0 fully saturated rings. The topological polar surface area (TPSA) is 90.1 Å². The van der Waals surface area contributed by atoms with Gasteiger partial charge in [0, 0.05) is 24.4 Å². The van der Waals surface area contributed by atoms with Gasteiger partial charge in [-0.1, -0.05) is 4.49 Å². The number of hydrogen-bond acceptors (Lipinski definition) is 6. The molecule has 96 valence electrons. The zero-order valence-electron chi connectivity index (χ0n) is 10.3. The Labute approximate surface area is 105 Å². The van der Waals surface area contributed by atoms with Crippen molar-refractivity contribution in [3.63, 3.8) is 0 Å². The Hall–Kier alpha value is -1.21. The molecule has 0 bridgehead atoms. The van der Waals surface area contributed by atoms with Crippen LogP contribution in [0, 0.1) is 0 Å². The number of nitrogens with zero attached hydrogens (tertiary/aromatic N) is 2. The molecule has 1 aromatic heterocycles. The minimum absolute atomic E-state index is 0.0266. The lowest BCUT2D eigenvalue weighted by atomic mass is 10.1. The number of ether oxygens (including phenoxy) is 1. The van der Waals surface area contributed by atoms with Crippen molar-refractivity contribution in [2.45, 2.75) is 32.3 Å². The minimum atomic E-state index is -0.496. The van der Waals surface area contributed by atoms with E-state index in [0.29, 0.717) is 13.1 Å². The number of hydrogen-bond donors (Lipinski definition) is 2. The van der Waals surface area contributed by atoms with E-state index < -0.39 is 11.7 Å². The van der Waals surface area contributed by atoms with Crippen LogP contribution in [0.15, 0.2) is 5.38 Å². The summed E-state index contributed by atoms with van der Waals surface area (Å²) in [6.07, 6.45) is -0.445. The Balaban J connectivity index is 2.41. The Bertz CT molecular complexity index is 348. The van der Waals surface area contributed by atoms with Crippen molar-refractivity contribution in [1.82, 2.24) is 14.9 Å². The lowest BCUT2D eigenvalue weighted by Gasteiger charge is -2.20. The minimum Gasteiger partial charge on any atom is -0.444 e. The molecule has 0 saturated heterocycles. The van der Waals surface area contributed by atoms with Gasteiger partial charge in [0.1, 0.15) is 5.60 Å². The van der Waals surface area contributed by atoms with E-state index in [-0.39, 0.29) is 5.92 Å². The Morgan fingerprint density at radius 3 is 2.82 bits per heavy atom. The van der Waals surface area contributed by atoms with Gasteiger partial charge in [0.25, 0.3) is 0 Å². The van der Waals surface area contributed by atoms with Gasteiger partial charge in [0.15, 0.2) is 0 Å². The van der Waals surface area contributed by atoms with Gasteiger partial charge in [-0.05, 0) is 32.3 Å². The summed E-state index contributed by atoms with van der Waals surface area (Å²) < 4.78 is 8.90. The molecule has 7 heteroatoms. The molecule has 1 aromatic rings. The molecular formula is C10H18N4O2S. The van der Waals surface area contributed by atoms with Gasteiger partial charge < -0.3 is 15.8 Å². The number of nitrogens with two attached hydrogens (primary N) is 1. The number of alkyl carbamates (subject to hydrolysis) is 1. The fraction of sp³-hybridized carbons (Fsp3) is 0.700. The molecule has 17 heavy (non-hydrogen) atoms. The third kappa shape index (κ3) is 5.10. The summed E-state index contributed by atoms with van der Waals surface area (Å²) in [5, 5.41) is 8.44. The van der Waals surface area contributed by atoms with Gasteiger partial charge in [0.2, 0.25) is 0 Å². The van der Waals surface area contributed by atoms with E-state index in [1.54, 1.807) is 0 Å². The summed E-state index contributed by atoms with van der Waals surface area (Å²) in [7, 11) is 0. The van der Waals surface area contributed by atoms with Crippen LogP contribution in [0.25, 0.3) is 0 Å². The zero-order valence-corrected chi connectivity index (χ0v) is 11.1. The summed E-state index contributed by atoms with van der Waals surface area (Å²) in [6, 6.07) is 0. The molecule has 1 amide bonds. The first-order chi connectivity index (χ1) is 7.92. The number of nitrogens with one attached hydrogen (secondary N) is 1. The first kappa shape index (κ1) is 13.9. The molecule has 6 nitrogen and oxygen atoms in total. The van der Waals surface area contributed by atoms with Crippen LogP contribution in [0.5, 0.6) is 0 Å². The van der Waals surface area contributed by atoms with Gasteiger partial charge in [-0.3, -0.25) is 0 Å². The summed E-state index contributed by atoms with van der Waals surface area (Å²) in [5.74, 6) is -0.0266. The summed E-state index contributed by atoms with van der Waals surface area (Å²) >= 11 is 1.27. The maximum atomic E-state index is 11.4. The molecule has 0 radical (unpaired) electrons. The molecule has 0 aliphatic carbocycles. The molecule has 0 aromatic carbocycles. The fourth-order valence-corrected chi connectivity index (χ4v) is 1.72. The second-order valence-corrected chi connectivity index (χ2v) is 5.26. The second-order valence-electron chi connectivity index (χ2n) is 4.65. The van der Waals surface area contributed by atoms with E-state index in [1.165, 1.54) is 11.5 Å². The molecule has 0 spiro atoms. The van der Waals surface area contributed by atoms with E-state index in [9.17, 15) is 4.79 Å². The Morgan fingerprint density at radius 2 is 2.35 bits per heavy atom. The molecular weight excluding hydrogens is 240 g/mol.